The van der Waals surface area contributed by atoms with Crippen LogP contribution in [0.4, 0.5) is 0 Å². The first-order valence-corrected chi connectivity index (χ1v) is 13.2. The monoisotopic (exact) mass is 512 g/mol. The van der Waals surface area contributed by atoms with E-state index in [4.69, 9.17) is 22.6 Å². The molecule has 0 atom stereocenters. The summed E-state index contributed by atoms with van der Waals surface area (Å²) < 4.78 is 8.56. The van der Waals surface area contributed by atoms with Gasteiger partial charge in [-0.3, -0.25) is 4.79 Å². The Morgan fingerprint density at radius 3 is 2.41 bits per heavy atom. The Kier molecular flexibility index (Phi) is 6.61. The summed E-state index contributed by atoms with van der Waals surface area (Å²) in [5.74, 6) is 7.48. The van der Waals surface area contributed by atoms with Crippen LogP contribution in [0.3, 0.4) is 0 Å². The van der Waals surface area contributed by atoms with Crippen molar-refractivity contribution in [2.75, 3.05) is 0 Å². The lowest BCUT2D eigenvalue weighted by atomic mass is 9.84. The Balaban J connectivity index is 1.24. The molecule has 192 valence electrons. The highest BCUT2D eigenvalue weighted by Gasteiger charge is 2.27. The van der Waals surface area contributed by atoms with Crippen molar-refractivity contribution in [3.8, 4) is 30.4 Å². The van der Waals surface area contributed by atoms with Crippen LogP contribution in [0, 0.1) is 30.6 Å². The zero-order valence-corrected chi connectivity index (χ0v) is 21.6. The molecule has 0 saturated heterocycles. The Hall–Kier alpha value is -4.81. The molecule has 39 heavy (non-hydrogen) atoms. The molecule has 3 aromatic heterocycles. The second kappa shape index (κ2) is 10.5. The third-order valence-electron chi connectivity index (χ3n) is 7.69. The Morgan fingerprint density at radius 2 is 1.72 bits per heavy atom. The number of H-pyrrole nitrogens is 1. The lowest BCUT2D eigenvalue weighted by molar-refractivity contribution is 0.103. The fourth-order valence-corrected chi connectivity index (χ4v) is 5.64. The van der Waals surface area contributed by atoms with Crippen LogP contribution in [0.25, 0.3) is 22.1 Å². The standard InChI is InChI=1S/C33H28N4O2/c1-3-5-23-8-14-26(15-9-23)37-30(36-29-20-35-33-28(31(29)37)18-19-34-33)21-39-27-16-12-25(13-17-27)32(38)24-10-6-22(4-2)7-11-24/h1-2,6-7,10-13,16-20,23,26H,5,8-9,14-15,21H2,(H,34,35)/t23-,26-. The lowest BCUT2D eigenvalue weighted by Gasteiger charge is -2.30. The van der Waals surface area contributed by atoms with Gasteiger partial charge in [0, 0.05) is 40.7 Å². The number of hydrogen-bond donors (Lipinski definition) is 1. The van der Waals surface area contributed by atoms with E-state index in [9.17, 15) is 4.79 Å². The first-order chi connectivity index (χ1) is 19.1. The van der Waals surface area contributed by atoms with E-state index in [0.29, 0.717) is 35.4 Å². The molecule has 1 aliphatic carbocycles. The average molecular weight is 513 g/mol. The van der Waals surface area contributed by atoms with Crippen molar-refractivity contribution >= 4 is 27.9 Å². The molecule has 0 unspecified atom stereocenters. The van der Waals surface area contributed by atoms with Crippen LogP contribution in [0.2, 0.25) is 0 Å². The highest BCUT2D eigenvalue weighted by atomic mass is 16.5. The van der Waals surface area contributed by atoms with Crippen LogP contribution in [-0.2, 0) is 6.61 Å². The van der Waals surface area contributed by atoms with E-state index in [1.54, 1.807) is 36.4 Å². The van der Waals surface area contributed by atoms with Crippen LogP contribution in [0.15, 0.2) is 67.0 Å². The van der Waals surface area contributed by atoms with E-state index in [1.807, 2.05) is 24.5 Å². The van der Waals surface area contributed by atoms with Crippen molar-refractivity contribution < 1.29 is 9.53 Å². The average Bonchev–Trinajstić information content (AvgIpc) is 3.61. The van der Waals surface area contributed by atoms with Gasteiger partial charge in [0.05, 0.1) is 11.7 Å². The molecule has 2 aromatic carbocycles. The van der Waals surface area contributed by atoms with Crippen LogP contribution in [-0.4, -0.2) is 25.3 Å². The number of imidazole rings is 1. The first kappa shape index (κ1) is 24.5. The number of rotatable bonds is 7. The molecule has 6 nitrogen and oxygen atoms in total. The van der Waals surface area contributed by atoms with Gasteiger partial charge in [0.2, 0.25) is 0 Å². The summed E-state index contributed by atoms with van der Waals surface area (Å²) in [5, 5.41) is 1.06. The Morgan fingerprint density at radius 1 is 1.00 bits per heavy atom. The number of pyridine rings is 1. The van der Waals surface area contributed by atoms with E-state index >= 15 is 0 Å². The molecule has 6 heteroatoms. The zero-order valence-electron chi connectivity index (χ0n) is 21.6. The second-order valence-electron chi connectivity index (χ2n) is 10.1. The van der Waals surface area contributed by atoms with Gasteiger partial charge in [-0.1, -0.05) is 5.92 Å². The van der Waals surface area contributed by atoms with E-state index in [1.165, 1.54) is 0 Å². The minimum atomic E-state index is -0.0598. The summed E-state index contributed by atoms with van der Waals surface area (Å²) in [4.78, 5) is 25.6. The van der Waals surface area contributed by atoms with Gasteiger partial charge in [-0.05, 0) is 86.2 Å². The maximum Gasteiger partial charge on any atom is 0.193 e. The third-order valence-corrected chi connectivity index (χ3v) is 7.69. The molecular formula is C33H28N4O2. The van der Waals surface area contributed by atoms with Crippen LogP contribution >= 0.6 is 0 Å². The summed E-state index contributed by atoms with van der Waals surface area (Å²) in [7, 11) is 0. The zero-order chi connectivity index (χ0) is 26.8. The normalized spacial score (nSPS) is 17.1. The van der Waals surface area contributed by atoms with Crippen molar-refractivity contribution in [3.05, 3.63) is 89.5 Å². The minimum Gasteiger partial charge on any atom is -0.486 e. The van der Waals surface area contributed by atoms with Gasteiger partial charge in [0.1, 0.15) is 29.3 Å². The number of fused-ring (bicyclic) bond motifs is 3. The fourth-order valence-electron chi connectivity index (χ4n) is 5.64. The van der Waals surface area contributed by atoms with Gasteiger partial charge >= 0.3 is 0 Å². The summed E-state index contributed by atoms with van der Waals surface area (Å²) in [6, 6.07) is 16.7. The minimum absolute atomic E-state index is 0.0598. The van der Waals surface area contributed by atoms with Crippen molar-refractivity contribution in [3.63, 3.8) is 0 Å². The van der Waals surface area contributed by atoms with Crippen molar-refractivity contribution in [2.24, 2.45) is 5.92 Å². The summed E-state index contributed by atoms with van der Waals surface area (Å²) in [6.45, 7) is 0.311. The van der Waals surface area contributed by atoms with E-state index in [-0.39, 0.29) is 5.78 Å². The topological polar surface area (TPSA) is 72.8 Å². The van der Waals surface area contributed by atoms with E-state index < -0.39 is 0 Å². The molecule has 0 spiro atoms. The number of terminal acetylenes is 2. The molecule has 1 aliphatic rings. The maximum atomic E-state index is 12.9. The van der Waals surface area contributed by atoms with Gasteiger partial charge in [-0.25, -0.2) is 9.97 Å². The molecule has 1 saturated carbocycles. The molecule has 1 N–H and O–H groups in total. The Labute approximate surface area is 227 Å². The van der Waals surface area contributed by atoms with Gasteiger partial charge < -0.3 is 14.3 Å². The molecule has 1 fully saturated rings. The number of carbonyl (C=O) groups is 1. The van der Waals surface area contributed by atoms with E-state index in [0.717, 1.165) is 65.6 Å². The van der Waals surface area contributed by atoms with Crippen LogP contribution in [0.1, 0.15) is 65.5 Å². The quantitative estimate of drug-likeness (QED) is 0.201. The number of hydrogen-bond acceptors (Lipinski definition) is 4. The summed E-state index contributed by atoms with van der Waals surface area (Å²) in [6.07, 6.45) is 19.9. The first-order valence-electron chi connectivity index (χ1n) is 13.2. The summed E-state index contributed by atoms with van der Waals surface area (Å²) in [5.41, 5.74) is 4.74. The number of aromatic amines is 1. The third kappa shape index (κ3) is 4.78. The molecule has 3 heterocycles. The van der Waals surface area contributed by atoms with Crippen molar-refractivity contribution in [1.82, 2.24) is 19.5 Å². The lowest BCUT2D eigenvalue weighted by Crippen LogP contribution is -2.20. The number of aromatic nitrogens is 4. The number of carbonyl (C=O) groups excluding carboxylic acids is 1. The largest absolute Gasteiger partial charge is 0.486 e. The van der Waals surface area contributed by atoms with Gasteiger partial charge in [0.15, 0.2) is 5.78 Å². The van der Waals surface area contributed by atoms with Crippen molar-refractivity contribution in [1.29, 1.82) is 0 Å². The summed E-state index contributed by atoms with van der Waals surface area (Å²) >= 11 is 0. The fraction of sp³-hybridized carbons (Fsp3) is 0.242. The van der Waals surface area contributed by atoms with Crippen LogP contribution in [0.5, 0.6) is 5.75 Å². The smallest absolute Gasteiger partial charge is 0.193 e. The van der Waals surface area contributed by atoms with Crippen LogP contribution < -0.4 is 4.74 Å². The predicted molar refractivity (Wildman–Crippen MR) is 152 cm³/mol. The molecule has 0 bridgehead atoms. The van der Waals surface area contributed by atoms with Gasteiger partial charge in [-0.2, -0.15) is 0 Å². The number of nitrogens with one attached hydrogen (secondary N) is 1. The maximum absolute atomic E-state index is 12.9. The SMILES string of the molecule is C#CC[C@H]1CC[C@H](n2c(COc3ccc(C(=O)c4ccc(C#C)cc4)cc3)nc3cnc4[nH]ccc4c32)CC1. The number of nitrogens with zero attached hydrogens (tertiary/aromatic N) is 3. The molecular weight excluding hydrogens is 484 g/mol. The number of ketones is 1. The van der Waals surface area contributed by atoms with Gasteiger partial charge in [0.25, 0.3) is 0 Å². The number of benzene rings is 2. The second-order valence-corrected chi connectivity index (χ2v) is 10.1. The Bertz CT molecular complexity index is 1720. The highest BCUT2D eigenvalue weighted by molar-refractivity contribution is 6.09. The molecule has 0 radical (unpaired) electrons. The molecule has 6 rings (SSSR count). The highest BCUT2D eigenvalue weighted by Crippen LogP contribution is 2.38. The molecule has 5 aromatic rings. The van der Waals surface area contributed by atoms with Crippen molar-refractivity contribution in [2.45, 2.75) is 44.8 Å². The van der Waals surface area contributed by atoms with E-state index in [2.05, 4.69) is 32.4 Å². The predicted octanol–water partition coefficient (Wildman–Crippen LogP) is 6.46. The number of ether oxygens (including phenoxy) is 1. The van der Waals surface area contributed by atoms with Gasteiger partial charge in [-0.15, -0.1) is 18.8 Å². The molecule has 0 amide bonds. The molecule has 0 aliphatic heterocycles.